The van der Waals surface area contributed by atoms with Gasteiger partial charge in [0.05, 0.1) is 5.60 Å². The van der Waals surface area contributed by atoms with Crippen molar-refractivity contribution in [2.24, 2.45) is 0 Å². The standard InChI is InChI=1S/C7H10O3/c8-6(9)2-5-7(10)3-1-4-7/h2,5,10H,1,3-4H2,(H,8,9)/b5-2+. The monoisotopic (exact) mass is 142 g/mol. The van der Waals surface area contributed by atoms with E-state index in [1.54, 1.807) is 0 Å². The number of hydrogen-bond acceptors (Lipinski definition) is 2. The summed E-state index contributed by atoms with van der Waals surface area (Å²) in [7, 11) is 0. The van der Waals surface area contributed by atoms with E-state index >= 15 is 0 Å². The molecule has 1 aliphatic rings. The highest BCUT2D eigenvalue weighted by molar-refractivity contribution is 5.79. The largest absolute Gasteiger partial charge is 0.478 e. The predicted octanol–water partition coefficient (Wildman–Crippen LogP) is 0.542. The Morgan fingerprint density at radius 3 is 2.40 bits per heavy atom. The van der Waals surface area contributed by atoms with Gasteiger partial charge in [0, 0.05) is 6.08 Å². The lowest BCUT2D eigenvalue weighted by Gasteiger charge is -2.33. The lowest BCUT2D eigenvalue weighted by molar-refractivity contribution is -0.131. The molecule has 0 saturated heterocycles. The van der Waals surface area contributed by atoms with Crippen LogP contribution in [0.25, 0.3) is 0 Å². The Labute approximate surface area is 59.0 Å². The Hall–Kier alpha value is -0.830. The van der Waals surface area contributed by atoms with Gasteiger partial charge in [-0.1, -0.05) is 0 Å². The number of rotatable bonds is 2. The molecular weight excluding hydrogens is 132 g/mol. The molecule has 2 N–H and O–H groups in total. The summed E-state index contributed by atoms with van der Waals surface area (Å²) in [5, 5.41) is 17.5. The molecule has 10 heavy (non-hydrogen) atoms. The summed E-state index contributed by atoms with van der Waals surface area (Å²) in [4.78, 5) is 9.99. The Bertz CT molecular complexity index is 168. The molecule has 0 aromatic rings. The van der Waals surface area contributed by atoms with E-state index in [0.717, 1.165) is 12.5 Å². The highest BCUT2D eigenvalue weighted by Crippen LogP contribution is 2.32. The van der Waals surface area contributed by atoms with Gasteiger partial charge >= 0.3 is 5.97 Å². The number of aliphatic carboxylic acids is 1. The Morgan fingerprint density at radius 1 is 1.50 bits per heavy atom. The van der Waals surface area contributed by atoms with Crippen molar-refractivity contribution in [1.29, 1.82) is 0 Å². The minimum atomic E-state index is -1.000. The number of aliphatic hydroxyl groups is 1. The van der Waals surface area contributed by atoms with Crippen LogP contribution in [-0.2, 0) is 4.79 Å². The predicted molar refractivity (Wildman–Crippen MR) is 35.6 cm³/mol. The fourth-order valence-electron chi connectivity index (χ4n) is 0.932. The fraction of sp³-hybridized carbons (Fsp3) is 0.571. The lowest BCUT2D eigenvalue weighted by Crippen LogP contribution is -2.34. The first-order valence-electron chi connectivity index (χ1n) is 3.27. The maximum atomic E-state index is 9.99. The molecule has 1 rings (SSSR count). The van der Waals surface area contributed by atoms with E-state index in [9.17, 15) is 9.90 Å². The van der Waals surface area contributed by atoms with Crippen molar-refractivity contribution in [3.63, 3.8) is 0 Å². The zero-order valence-corrected chi connectivity index (χ0v) is 5.58. The highest BCUT2D eigenvalue weighted by atomic mass is 16.4. The van der Waals surface area contributed by atoms with Gasteiger partial charge in [-0.15, -0.1) is 0 Å². The normalized spacial score (nSPS) is 22.5. The molecule has 0 atom stereocenters. The Balaban J connectivity index is 2.43. The molecule has 0 heterocycles. The van der Waals surface area contributed by atoms with Crippen molar-refractivity contribution in [3.8, 4) is 0 Å². The van der Waals surface area contributed by atoms with Gasteiger partial charge in [0.15, 0.2) is 0 Å². The molecule has 1 fully saturated rings. The average molecular weight is 142 g/mol. The van der Waals surface area contributed by atoms with Crippen LogP contribution in [0.4, 0.5) is 0 Å². The fourth-order valence-corrected chi connectivity index (χ4v) is 0.932. The lowest BCUT2D eigenvalue weighted by atomic mass is 9.80. The van der Waals surface area contributed by atoms with Crippen LogP contribution in [0.15, 0.2) is 12.2 Å². The molecule has 0 aromatic heterocycles. The van der Waals surface area contributed by atoms with Gasteiger partial charge in [0.2, 0.25) is 0 Å². The third-order valence-electron chi connectivity index (χ3n) is 1.76. The Morgan fingerprint density at radius 2 is 2.10 bits per heavy atom. The molecule has 0 unspecified atom stereocenters. The van der Waals surface area contributed by atoms with E-state index in [4.69, 9.17) is 5.11 Å². The van der Waals surface area contributed by atoms with Gasteiger partial charge < -0.3 is 10.2 Å². The van der Waals surface area contributed by atoms with Gasteiger partial charge in [-0.25, -0.2) is 4.79 Å². The third kappa shape index (κ3) is 1.57. The molecule has 0 radical (unpaired) electrons. The minimum absolute atomic E-state index is 0.691. The van der Waals surface area contributed by atoms with Crippen LogP contribution in [0.2, 0.25) is 0 Å². The van der Waals surface area contributed by atoms with Crippen molar-refractivity contribution in [2.75, 3.05) is 0 Å². The average Bonchev–Trinajstić information content (AvgIpc) is 1.79. The number of carboxylic acids is 1. The molecule has 56 valence electrons. The zero-order chi connectivity index (χ0) is 7.61. The number of carboxylic acid groups (broad SMARTS) is 1. The number of hydrogen-bond donors (Lipinski definition) is 2. The molecule has 3 nitrogen and oxygen atoms in total. The van der Waals surface area contributed by atoms with Crippen LogP contribution >= 0.6 is 0 Å². The minimum Gasteiger partial charge on any atom is -0.478 e. The molecule has 0 amide bonds. The summed E-state index contributed by atoms with van der Waals surface area (Å²) in [5.41, 5.74) is -0.807. The van der Waals surface area contributed by atoms with Crippen molar-refractivity contribution in [3.05, 3.63) is 12.2 Å². The summed E-state index contributed by atoms with van der Waals surface area (Å²) < 4.78 is 0. The van der Waals surface area contributed by atoms with Gasteiger partial charge in [-0.2, -0.15) is 0 Å². The molecule has 0 bridgehead atoms. The van der Waals surface area contributed by atoms with E-state index in [-0.39, 0.29) is 0 Å². The highest BCUT2D eigenvalue weighted by Gasteiger charge is 2.31. The van der Waals surface area contributed by atoms with E-state index in [1.807, 2.05) is 0 Å². The van der Waals surface area contributed by atoms with Crippen molar-refractivity contribution >= 4 is 5.97 Å². The van der Waals surface area contributed by atoms with Crippen molar-refractivity contribution in [2.45, 2.75) is 24.9 Å². The SMILES string of the molecule is O=C(O)/C=C/C1(O)CCC1. The summed E-state index contributed by atoms with van der Waals surface area (Å²) in [6.07, 6.45) is 4.73. The van der Waals surface area contributed by atoms with E-state index in [0.29, 0.717) is 12.8 Å². The first-order chi connectivity index (χ1) is 4.62. The van der Waals surface area contributed by atoms with Gasteiger partial charge in [0.25, 0.3) is 0 Å². The number of carbonyl (C=O) groups is 1. The van der Waals surface area contributed by atoms with Crippen molar-refractivity contribution in [1.82, 2.24) is 0 Å². The van der Waals surface area contributed by atoms with Gasteiger partial charge in [-0.05, 0) is 25.3 Å². The quantitative estimate of drug-likeness (QED) is 0.553. The van der Waals surface area contributed by atoms with Gasteiger partial charge in [-0.3, -0.25) is 0 Å². The van der Waals surface area contributed by atoms with Crippen LogP contribution in [0.1, 0.15) is 19.3 Å². The van der Waals surface area contributed by atoms with Crippen molar-refractivity contribution < 1.29 is 15.0 Å². The first kappa shape index (κ1) is 7.28. The van der Waals surface area contributed by atoms with Crippen LogP contribution in [-0.4, -0.2) is 21.8 Å². The van der Waals surface area contributed by atoms with Crippen LogP contribution in [0.5, 0.6) is 0 Å². The van der Waals surface area contributed by atoms with Crippen LogP contribution < -0.4 is 0 Å². The molecule has 3 heteroatoms. The Kier molecular flexibility index (Phi) is 1.76. The van der Waals surface area contributed by atoms with E-state index in [2.05, 4.69) is 0 Å². The van der Waals surface area contributed by atoms with E-state index < -0.39 is 11.6 Å². The summed E-state index contributed by atoms with van der Waals surface area (Å²) in [5.74, 6) is -1.000. The summed E-state index contributed by atoms with van der Waals surface area (Å²) in [6.45, 7) is 0. The second kappa shape index (κ2) is 2.42. The molecular formula is C7H10O3. The topological polar surface area (TPSA) is 57.5 Å². The molecule has 1 saturated carbocycles. The third-order valence-corrected chi connectivity index (χ3v) is 1.76. The summed E-state index contributed by atoms with van der Waals surface area (Å²) in [6, 6.07) is 0. The van der Waals surface area contributed by atoms with Crippen LogP contribution in [0.3, 0.4) is 0 Å². The molecule has 0 aromatic carbocycles. The van der Waals surface area contributed by atoms with Gasteiger partial charge in [0.1, 0.15) is 0 Å². The second-order valence-corrected chi connectivity index (χ2v) is 2.63. The second-order valence-electron chi connectivity index (χ2n) is 2.63. The maximum Gasteiger partial charge on any atom is 0.328 e. The maximum absolute atomic E-state index is 9.99. The molecule has 0 aliphatic heterocycles. The summed E-state index contributed by atoms with van der Waals surface area (Å²) >= 11 is 0. The van der Waals surface area contributed by atoms with E-state index in [1.165, 1.54) is 6.08 Å². The zero-order valence-electron chi connectivity index (χ0n) is 5.58. The molecule has 1 aliphatic carbocycles. The smallest absolute Gasteiger partial charge is 0.328 e. The first-order valence-corrected chi connectivity index (χ1v) is 3.27. The van der Waals surface area contributed by atoms with Crippen LogP contribution in [0, 0.1) is 0 Å². The molecule has 0 spiro atoms.